The molecule has 9 nitrogen and oxygen atoms in total. The number of hydrogen-bond acceptors (Lipinski definition) is 5. The van der Waals surface area contributed by atoms with Crippen LogP contribution in [0.2, 0.25) is 0 Å². The predicted molar refractivity (Wildman–Crippen MR) is 168 cm³/mol. The van der Waals surface area contributed by atoms with Crippen LogP contribution in [0.3, 0.4) is 0 Å². The Morgan fingerprint density at radius 1 is 1.00 bits per heavy atom. The Bertz CT molecular complexity index is 1610. The Balaban J connectivity index is 1.17. The lowest BCUT2D eigenvalue weighted by atomic mass is 9.84. The molecule has 46 heavy (non-hydrogen) atoms. The van der Waals surface area contributed by atoms with Crippen molar-refractivity contribution in [3.63, 3.8) is 0 Å². The van der Waals surface area contributed by atoms with Crippen LogP contribution in [0, 0.1) is 23.4 Å². The highest BCUT2D eigenvalue weighted by atomic mass is 19.2. The summed E-state index contributed by atoms with van der Waals surface area (Å²) in [5.74, 6) is -5.40. The van der Waals surface area contributed by atoms with E-state index in [0.29, 0.717) is 44.7 Å². The number of hydrogen-bond donors (Lipinski definition) is 3. The summed E-state index contributed by atoms with van der Waals surface area (Å²) < 4.78 is 45.6. The largest absolute Gasteiger partial charge is 0.480 e. The molecule has 1 unspecified atom stereocenters. The monoisotopic (exact) mass is 640 g/mol. The van der Waals surface area contributed by atoms with E-state index in [2.05, 4.69) is 10.3 Å². The minimum absolute atomic E-state index is 0.0273. The van der Waals surface area contributed by atoms with Gasteiger partial charge in [-0.3, -0.25) is 19.8 Å². The number of carboxylic acid groups (broad SMARTS) is 1. The van der Waals surface area contributed by atoms with Gasteiger partial charge in [0.1, 0.15) is 11.6 Å². The van der Waals surface area contributed by atoms with Crippen molar-refractivity contribution in [1.29, 1.82) is 0 Å². The standard InChI is InChI=1S/C34H39F3N4O5/c1-34(2,3)46-33(45)39-23-5-6-28-24(18-23)25(19-38-28)21-8-14-41(15-9-21)31(32(43)44)22-10-12-40(13-11-22)29(42)7-4-20-16-26(35)30(37)27(36)17-20/h4-7,16-19,21-22,31,38H,8-15H2,1-3H3,(H,39,45)(H,43,44). The van der Waals surface area contributed by atoms with Crippen LogP contribution in [0.1, 0.15) is 63.5 Å². The van der Waals surface area contributed by atoms with Gasteiger partial charge in [0.2, 0.25) is 5.91 Å². The number of carboxylic acids is 1. The lowest BCUT2D eigenvalue weighted by Crippen LogP contribution is -2.52. The van der Waals surface area contributed by atoms with Gasteiger partial charge in [-0.25, -0.2) is 18.0 Å². The molecule has 0 saturated carbocycles. The normalized spacial score (nSPS) is 17.8. The minimum Gasteiger partial charge on any atom is -0.480 e. The Hall–Kier alpha value is -4.32. The first-order valence-corrected chi connectivity index (χ1v) is 15.5. The lowest BCUT2D eigenvalue weighted by Gasteiger charge is -2.41. The Labute approximate surface area is 265 Å². The van der Waals surface area contributed by atoms with E-state index < -0.39 is 41.2 Å². The molecule has 3 N–H and O–H groups in total. The highest BCUT2D eigenvalue weighted by Crippen LogP contribution is 2.36. The maximum absolute atomic E-state index is 13.5. The number of aliphatic carboxylic acids is 1. The predicted octanol–water partition coefficient (Wildman–Crippen LogP) is 6.52. The number of carbonyl (C=O) groups excluding carboxylic acids is 2. The topological polar surface area (TPSA) is 115 Å². The number of anilines is 1. The number of H-pyrrole nitrogens is 1. The zero-order valence-corrected chi connectivity index (χ0v) is 26.1. The molecule has 2 aliphatic heterocycles. The third-order valence-corrected chi connectivity index (χ3v) is 8.70. The fraction of sp³-hybridized carbons (Fsp3) is 0.441. The van der Waals surface area contributed by atoms with Crippen LogP contribution in [0.4, 0.5) is 23.7 Å². The number of amides is 2. The van der Waals surface area contributed by atoms with E-state index in [9.17, 15) is 32.7 Å². The van der Waals surface area contributed by atoms with E-state index >= 15 is 0 Å². The average molecular weight is 641 g/mol. The maximum Gasteiger partial charge on any atom is 0.412 e. The molecule has 3 aromatic rings. The van der Waals surface area contributed by atoms with Crippen LogP contribution in [0.5, 0.6) is 0 Å². The van der Waals surface area contributed by atoms with Crippen LogP contribution in [-0.4, -0.2) is 75.7 Å². The van der Waals surface area contributed by atoms with Crippen molar-refractivity contribution in [2.45, 2.75) is 64.0 Å². The summed E-state index contributed by atoms with van der Waals surface area (Å²) in [5, 5.41) is 14.0. The van der Waals surface area contributed by atoms with E-state index in [4.69, 9.17) is 4.74 Å². The zero-order valence-electron chi connectivity index (χ0n) is 26.1. The molecular weight excluding hydrogens is 601 g/mol. The zero-order chi connectivity index (χ0) is 33.2. The van der Waals surface area contributed by atoms with E-state index in [1.54, 1.807) is 25.7 Å². The second-order valence-electron chi connectivity index (χ2n) is 13.0. The number of halogens is 3. The van der Waals surface area contributed by atoms with Gasteiger partial charge in [0.25, 0.3) is 0 Å². The number of benzene rings is 2. The van der Waals surface area contributed by atoms with Gasteiger partial charge < -0.3 is 19.7 Å². The number of likely N-dealkylation sites (tertiary alicyclic amines) is 2. The fourth-order valence-electron chi connectivity index (χ4n) is 6.50. The maximum atomic E-state index is 13.5. The summed E-state index contributed by atoms with van der Waals surface area (Å²) >= 11 is 0. The second-order valence-corrected chi connectivity index (χ2v) is 13.0. The quantitative estimate of drug-likeness (QED) is 0.200. The van der Waals surface area contributed by atoms with Crippen LogP contribution in [0.15, 0.2) is 42.6 Å². The third-order valence-electron chi connectivity index (χ3n) is 8.70. The van der Waals surface area contributed by atoms with Gasteiger partial charge in [0.15, 0.2) is 17.5 Å². The van der Waals surface area contributed by atoms with Crippen molar-refractivity contribution in [2.75, 3.05) is 31.5 Å². The van der Waals surface area contributed by atoms with Crippen molar-refractivity contribution >= 4 is 40.6 Å². The van der Waals surface area contributed by atoms with Gasteiger partial charge in [-0.05, 0) is 119 Å². The van der Waals surface area contributed by atoms with Crippen molar-refractivity contribution < 1.29 is 37.4 Å². The SMILES string of the molecule is CC(C)(C)OC(=O)Nc1ccc2[nH]cc(C3CCN(C(C(=O)O)C4CCN(C(=O)C=Cc5cc(F)c(F)c(F)c5)CC4)CC3)c2c1. The molecule has 2 aromatic carbocycles. The summed E-state index contributed by atoms with van der Waals surface area (Å²) in [4.78, 5) is 44.4. The van der Waals surface area contributed by atoms with Gasteiger partial charge in [0, 0.05) is 42.0 Å². The summed E-state index contributed by atoms with van der Waals surface area (Å²) in [6.45, 7) is 7.34. The third kappa shape index (κ3) is 7.72. The molecule has 5 rings (SSSR count). The number of nitrogens with zero attached hydrogens (tertiary/aromatic N) is 2. The summed E-state index contributed by atoms with van der Waals surface area (Å²) in [7, 11) is 0. The Morgan fingerprint density at radius 2 is 1.65 bits per heavy atom. The molecule has 0 spiro atoms. The van der Waals surface area contributed by atoms with Crippen LogP contribution in [0.25, 0.3) is 17.0 Å². The fourth-order valence-corrected chi connectivity index (χ4v) is 6.50. The number of piperidine rings is 2. The number of aromatic amines is 1. The van der Waals surface area contributed by atoms with Crippen molar-refractivity contribution in [3.05, 3.63) is 71.2 Å². The highest BCUT2D eigenvalue weighted by Gasteiger charge is 2.38. The molecule has 0 radical (unpaired) electrons. The Morgan fingerprint density at radius 3 is 2.26 bits per heavy atom. The van der Waals surface area contributed by atoms with E-state index in [0.717, 1.165) is 41.4 Å². The van der Waals surface area contributed by atoms with E-state index in [1.807, 2.05) is 29.3 Å². The van der Waals surface area contributed by atoms with Gasteiger partial charge in [-0.1, -0.05) is 0 Å². The average Bonchev–Trinajstić information content (AvgIpc) is 3.41. The molecule has 1 atom stereocenters. The molecular formula is C34H39F3N4O5. The van der Waals surface area contributed by atoms with Crippen LogP contribution < -0.4 is 5.32 Å². The first-order chi connectivity index (χ1) is 21.8. The van der Waals surface area contributed by atoms with Crippen molar-refractivity contribution in [3.8, 4) is 0 Å². The second kappa shape index (κ2) is 13.6. The van der Waals surface area contributed by atoms with E-state index in [1.165, 1.54) is 12.2 Å². The Kier molecular flexibility index (Phi) is 9.76. The number of fused-ring (bicyclic) bond motifs is 1. The summed E-state index contributed by atoms with van der Waals surface area (Å²) in [5.41, 5.74) is 2.12. The number of ether oxygens (including phenoxy) is 1. The molecule has 1 aromatic heterocycles. The van der Waals surface area contributed by atoms with Gasteiger partial charge in [0.05, 0.1) is 0 Å². The molecule has 2 saturated heterocycles. The smallest absolute Gasteiger partial charge is 0.412 e. The molecule has 2 fully saturated rings. The lowest BCUT2D eigenvalue weighted by molar-refractivity contribution is -0.147. The summed E-state index contributed by atoms with van der Waals surface area (Å²) in [6, 6.07) is 6.61. The van der Waals surface area contributed by atoms with Crippen molar-refractivity contribution in [2.24, 2.45) is 5.92 Å². The molecule has 3 heterocycles. The highest BCUT2D eigenvalue weighted by molar-refractivity contribution is 5.92. The summed E-state index contributed by atoms with van der Waals surface area (Å²) in [6.07, 6.45) is 6.44. The number of rotatable bonds is 7. The van der Waals surface area contributed by atoms with Gasteiger partial charge >= 0.3 is 12.1 Å². The minimum atomic E-state index is -1.57. The van der Waals surface area contributed by atoms with Crippen LogP contribution >= 0.6 is 0 Å². The van der Waals surface area contributed by atoms with Gasteiger partial charge in [-0.15, -0.1) is 0 Å². The van der Waals surface area contributed by atoms with E-state index in [-0.39, 0.29) is 23.3 Å². The number of aromatic nitrogens is 1. The van der Waals surface area contributed by atoms with Crippen LogP contribution in [-0.2, 0) is 14.3 Å². The number of nitrogens with one attached hydrogen (secondary N) is 2. The molecule has 0 aliphatic carbocycles. The number of carbonyl (C=O) groups is 3. The molecule has 2 aliphatic rings. The molecule has 12 heteroatoms. The first-order valence-electron chi connectivity index (χ1n) is 15.5. The van der Waals surface area contributed by atoms with Gasteiger partial charge in [-0.2, -0.15) is 0 Å². The molecule has 0 bridgehead atoms. The molecule has 2 amide bonds. The molecule has 246 valence electrons. The van der Waals surface area contributed by atoms with Crippen molar-refractivity contribution in [1.82, 2.24) is 14.8 Å². The first kappa shape index (κ1) is 33.1.